The molecule has 96 valence electrons. The third-order valence-corrected chi connectivity index (χ3v) is 3.76. The quantitative estimate of drug-likeness (QED) is 0.890. The summed E-state index contributed by atoms with van der Waals surface area (Å²) in [6.45, 7) is 4.78. The minimum absolute atomic E-state index is 0.216. The van der Waals surface area contributed by atoms with Gasteiger partial charge in [-0.15, -0.1) is 11.3 Å². The summed E-state index contributed by atoms with van der Waals surface area (Å²) in [7, 11) is 0. The number of ether oxygens (including phenoxy) is 1. The van der Waals surface area contributed by atoms with E-state index >= 15 is 0 Å². The molecule has 0 saturated heterocycles. The first-order valence-electron chi connectivity index (χ1n) is 6.25. The molecule has 0 aliphatic heterocycles. The first-order chi connectivity index (χ1) is 8.69. The average Bonchev–Trinajstić information content (AvgIpc) is 2.78. The maximum atomic E-state index is 5.64. The van der Waals surface area contributed by atoms with E-state index in [1.54, 1.807) is 0 Å². The largest absolute Gasteiger partial charge is 0.491 e. The third kappa shape index (κ3) is 3.34. The Kier molecular flexibility index (Phi) is 4.39. The van der Waals surface area contributed by atoms with Crippen LogP contribution in [0.3, 0.4) is 0 Å². The molecule has 18 heavy (non-hydrogen) atoms. The predicted molar refractivity (Wildman–Crippen MR) is 78.3 cm³/mol. The molecule has 2 N–H and O–H groups in total. The lowest BCUT2D eigenvalue weighted by molar-refractivity contribution is 0.242. The Morgan fingerprint density at radius 3 is 2.44 bits per heavy atom. The molecule has 1 heterocycles. The molecule has 2 nitrogen and oxygen atoms in total. The van der Waals surface area contributed by atoms with E-state index in [2.05, 4.69) is 24.3 Å². The molecule has 0 aliphatic rings. The van der Waals surface area contributed by atoms with Crippen molar-refractivity contribution in [1.29, 1.82) is 0 Å². The van der Waals surface area contributed by atoms with E-state index in [4.69, 9.17) is 10.5 Å². The standard InChI is InChI=1S/C15H19NOS/c1-11(2)17-13-5-3-12(4-6-13)15-8-7-14(18-15)9-10-16/h3-8,11H,9-10,16H2,1-2H3. The second kappa shape index (κ2) is 6.03. The van der Waals surface area contributed by atoms with Crippen molar-refractivity contribution in [2.24, 2.45) is 5.73 Å². The number of nitrogens with two attached hydrogens (primary N) is 1. The summed E-state index contributed by atoms with van der Waals surface area (Å²) in [4.78, 5) is 2.63. The molecule has 0 atom stereocenters. The Hall–Kier alpha value is -1.32. The van der Waals surface area contributed by atoms with Crippen LogP contribution in [-0.4, -0.2) is 12.6 Å². The SMILES string of the molecule is CC(C)Oc1ccc(-c2ccc(CCN)s2)cc1. The van der Waals surface area contributed by atoms with Gasteiger partial charge in [0.05, 0.1) is 6.10 Å². The van der Waals surface area contributed by atoms with Crippen molar-refractivity contribution in [2.45, 2.75) is 26.4 Å². The van der Waals surface area contributed by atoms with E-state index in [1.807, 2.05) is 37.3 Å². The molecule has 2 rings (SSSR count). The zero-order chi connectivity index (χ0) is 13.0. The summed E-state index contributed by atoms with van der Waals surface area (Å²) >= 11 is 1.81. The molecule has 0 unspecified atom stereocenters. The molecule has 0 saturated carbocycles. The highest BCUT2D eigenvalue weighted by atomic mass is 32.1. The average molecular weight is 261 g/mol. The van der Waals surface area contributed by atoms with E-state index in [0.29, 0.717) is 6.54 Å². The summed E-state index contributed by atoms with van der Waals surface area (Å²) in [6, 6.07) is 12.6. The van der Waals surface area contributed by atoms with Gasteiger partial charge in [-0.1, -0.05) is 0 Å². The molecule has 0 aliphatic carbocycles. The van der Waals surface area contributed by atoms with Gasteiger partial charge in [0.2, 0.25) is 0 Å². The van der Waals surface area contributed by atoms with Crippen molar-refractivity contribution in [3.8, 4) is 16.2 Å². The minimum atomic E-state index is 0.216. The predicted octanol–water partition coefficient (Wildman–Crippen LogP) is 3.70. The maximum Gasteiger partial charge on any atom is 0.119 e. The van der Waals surface area contributed by atoms with Gasteiger partial charge in [0, 0.05) is 9.75 Å². The lowest BCUT2D eigenvalue weighted by Crippen LogP contribution is -2.04. The van der Waals surface area contributed by atoms with Crippen LogP contribution in [0.15, 0.2) is 36.4 Å². The molecule has 0 radical (unpaired) electrons. The van der Waals surface area contributed by atoms with Crippen LogP contribution in [0.1, 0.15) is 18.7 Å². The molecule has 1 aromatic heterocycles. The number of benzene rings is 1. The summed E-state index contributed by atoms with van der Waals surface area (Å²) in [5.41, 5.74) is 6.80. The van der Waals surface area contributed by atoms with Crippen molar-refractivity contribution in [1.82, 2.24) is 0 Å². The van der Waals surface area contributed by atoms with Crippen LogP contribution in [0.5, 0.6) is 5.75 Å². The number of hydrogen-bond acceptors (Lipinski definition) is 3. The summed E-state index contributed by atoms with van der Waals surface area (Å²) in [6.07, 6.45) is 1.17. The first kappa shape index (κ1) is 13.1. The second-order valence-corrected chi connectivity index (χ2v) is 5.66. The van der Waals surface area contributed by atoms with Crippen molar-refractivity contribution in [3.63, 3.8) is 0 Å². The van der Waals surface area contributed by atoms with Crippen LogP contribution in [0.4, 0.5) is 0 Å². The molecular weight excluding hydrogens is 242 g/mol. The monoisotopic (exact) mass is 261 g/mol. The minimum Gasteiger partial charge on any atom is -0.491 e. The number of rotatable bonds is 5. The Morgan fingerprint density at radius 1 is 1.11 bits per heavy atom. The van der Waals surface area contributed by atoms with Gasteiger partial charge in [0.15, 0.2) is 0 Å². The Labute approximate surface area is 112 Å². The van der Waals surface area contributed by atoms with Gasteiger partial charge >= 0.3 is 0 Å². The number of hydrogen-bond donors (Lipinski definition) is 1. The highest BCUT2D eigenvalue weighted by Crippen LogP contribution is 2.29. The molecular formula is C15H19NOS. The maximum absolute atomic E-state index is 5.64. The van der Waals surface area contributed by atoms with Gasteiger partial charge in [-0.2, -0.15) is 0 Å². The van der Waals surface area contributed by atoms with Crippen LogP contribution in [0.25, 0.3) is 10.4 Å². The molecule has 0 amide bonds. The topological polar surface area (TPSA) is 35.2 Å². The Balaban J connectivity index is 2.12. The number of thiophene rings is 1. The van der Waals surface area contributed by atoms with E-state index in [0.717, 1.165) is 12.2 Å². The summed E-state index contributed by atoms with van der Waals surface area (Å²) < 4.78 is 5.64. The summed E-state index contributed by atoms with van der Waals surface area (Å²) in [5, 5.41) is 0. The van der Waals surface area contributed by atoms with E-state index in [9.17, 15) is 0 Å². The van der Waals surface area contributed by atoms with E-state index in [1.165, 1.54) is 15.3 Å². The van der Waals surface area contributed by atoms with Gasteiger partial charge in [0.1, 0.15) is 5.75 Å². The zero-order valence-corrected chi connectivity index (χ0v) is 11.7. The van der Waals surface area contributed by atoms with Crippen LogP contribution >= 0.6 is 11.3 Å². The molecule has 0 bridgehead atoms. The molecule has 0 fully saturated rings. The fourth-order valence-corrected chi connectivity index (χ4v) is 2.81. The lowest BCUT2D eigenvalue weighted by Gasteiger charge is -2.09. The smallest absolute Gasteiger partial charge is 0.119 e. The van der Waals surface area contributed by atoms with Gasteiger partial charge in [-0.3, -0.25) is 0 Å². The van der Waals surface area contributed by atoms with Gasteiger partial charge in [-0.05, 0) is 68.8 Å². The molecule has 2 aromatic rings. The zero-order valence-electron chi connectivity index (χ0n) is 10.8. The first-order valence-corrected chi connectivity index (χ1v) is 7.06. The summed E-state index contributed by atoms with van der Waals surface area (Å²) in [5.74, 6) is 0.924. The van der Waals surface area contributed by atoms with Crippen LogP contribution in [0, 0.1) is 0 Å². The Morgan fingerprint density at radius 2 is 1.83 bits per heavy atom. The van der Waals surface area contributed by atoms with E-state index in [-0.39, 0.29) is 6.10 Å². The Bertz CT molecular complexity index is 487. The third-order valence-electron chi connectivity index (χ3n) is 2.56. The second-order valence-electron chi connectivity index (χ2n) is 4.50. The molecule has 0 spiro atoms. The van der Waals surface area contributed by atoms with Crippen molar-refractivity contribution in [3.05, 3.63) is 41.3 Å². The van der Waals surface area contributed by atoms with Crippen molar-refractivity contribution in [2.75, 3.05) is 6.54 Å². The van der Waals surface area contributed by atoms with Crippen LogP contribution in [-0.2, 0) is 6.42 Å². The van der Waals surface area contributed by atoms with Crippen LogP contribution < -0.4 is 10.5 Å². The fraction of sp³-hybridized carbons (Fsp3) is 0.333. The highest BCUT2D eigenvalue weighted by Gasteiger charge is 2.03. The van der Waals surface area contributed by atoms with Crippen molar-refractivity contribution >= 4 is 11.3 Å². The van der Waals surface area contributed by atoms with Gasteiger partial charge < -0.3 is 10.5 Å². The van der Waals surface area contributed by atoms with Crippen molar-refractivity contribution < 1.29 is 4.74 Å². The van der Waals surface area contributed by atoms with Crippen LogP contribution in [0.2, 0.25) is 0 Å². The molecule has 1 aromatic carbocycles. The van der Waals surface area contributed by atoms with Gasteiger partial charge in [-0.25, -0.2) is 0 Å². The van der Waals surface area contributed by atoms with E-state index < -0.39 is 0 Å². The lowest BCUT2D eigenvalue weighted by atomic mass is 10.2. The molecule has 3 heteroatoms. The normalized spacial score (nSPS) is 10.9. The van der Waals surface area contributed by atoms with Gasteiger partial charge in [0.25, 0.3) is 0 Å². The highest BCUT2D eigenvalue weighted by molar-refractivity contribution is 7.15. The fourth-order valence-electron chi connectivity index (χ4n) is 1.78.